The first-order chi connectivity index (χ1) is 6.70. The second kappa shape index (κ2) is 8.10. The molecule has 0 aromatic carbocycles. The van der Waals surface area contributed by atoms with Crippen molar-refractivity contribution in [3.63, 3.8) is 0 Å². The molecule has 0 rings (SSSR count). The van der Waals surface area contributed by atoms with Gasteiger partial charge in [0.15, 0.2) is 0 Å². The summed E-state index contributed by atoms with van der Waals surface area (Å²) in [6.45, 7) is 5.57. The third-order valence-electron chi connectivity index (χ3n) is 1.18. The Morgan fingerprint density at radius 2 is 2.14 bits per heavy atom. The third-order valence-corrected chi connectivity index (χ3v) is 1.18. The van der Waals surface area contributed by atoms with E-state index in [9.17, 15) is 9.59 Å². The number of hydrogen-bond donors (Lipinski definition) is 1. The molecule has 0 radical (unpaired) electrons. The molecule has 0 aromatic rings. The van der Waals surface area contributed by atoms with E-state index in [1.54, 1.807) is 0 Å². The van der Waals surface area contributed by atoms with E-state index in [4.69, 9.17) is 4.74 Å². The number of hydrogen-bond acceptors (Lipinski definition) is 4. The fourth-order valence-electron chi connectivity index (χ4n) is 0.597. The molecule has 14 heavy (non-hydrogen) atoms. The molecule has 0 unspecified atom stereocenters. The molecule has 0 aliphatic carbocycles. The lowest BCUT2D eigenvalue weighted by Gasteiger charge is -2.05. The lowest BCUT2D eigenvalue weighted by molar-refractivity contribution is -0.142. The third kappa shape index (κ3) is 7.15. The van der Waals surface area contributed by atoms with Gasteiger partial charge >= 0.3 is 12.1 Å². The summed E-state index contributed by atoms with van der Waals surface area (Å²) < 4.78 is 9.29. The predicted molar refractivity (Wildman–Crippen MR) is 50.8 cm³/mol. The second-order valence-electron chi connectivity index (χ2n) is 2.46. The molecule has 1 N–H and O–H groups in total. The van der Waals surface area contributed by atoms with Crippen LogP contribution in [0, 0.1) is 0 Å². The summed E-state index contributed by atoms with van der Waals surface area (Å²) in [4.78, 5) is 21.7. The fraction of sp³-hybridized carbons (Fsp3) is 0.556. The summed E-state index contributed by atoms with van der Waals surface area (Å²) in [6.07, 6.45) is 1.54. The SMILES string of the molecule is C=CCOC(=O)NCC(=O)OCCC. The van der Waals surface area contributed by atoms with Crippen molar-refractivity contribution in [3.8, 4) is 0 Å². The van der Waals surface area contributed by atoms with E-state index in [0.717, 1.165) is 6.42 Å². The van der Waals surface area contributed by atoms with Crippen molar-refractivity contribution in [2.24, 2.45) is 0 Å². The van der Waals surface area contributed by atoms with Crippen LogP contribution in [0.25, 0.3) is 0 Å². The summed E-state index contributed by atoms with van der Waals surface area (Å²) in [5.74, 6) is -0.470. The molecule has 0 saturated heterocycles. The highest BCUT2D eigenvalue weighted by Gasteiger charge is 2.05. The average Bonchev–Trinajstić information content (AvgIpc) is 2.20. The van der Waals surface area contributed by atoms with E-state index < -0.39 is 12.1 Å². The van der Waals surface area contributed by atoms with Crippen LogP contribution in [0.1, 0.15) is 13.3 Å². The number of esters is 1. The van der Waals surface area contributed by atoms with Crippen molar-refractivity contribution in [1.29, 1.82) is 0 Å². The minimum Gasteiger partial charge on any atom is -0.464 e. The van der Waals surface area contributed by atoms with Gasteiger partial charge in [-0.05, 0) is 6.42 Å². The summed E-state index contributed by atoms with van der Waals surface area (Å²) in [5.41, 5.74) is 0. The van der Waals surface area contributed by atoms with Crippen molar-refractivity contribution in [2.45, 2.75) is 13.3 Å². The van der Waals surface area contributed by atoms with Crippen LogP contribution < -0.4 is 5.32 Å². The molecule has 5 heteroatoms. The van der Waals surface area contributed by atoms with Crippen LogP contribution >= 0.6 is 0 Å². The smallest absolute Gasteiger partial charge is 0.407 e. The van der Waals surface area contributed by atoms with Crippen molar-refractivity contribution in [1.82, 2.24) is 5.32 Å². The van der Waals surface area contributed by atoms with Crippen molar-refractivity contribution < 1.29 is 19.1 Å². The first-order valence-electron chi connectivity index (χ1n) is 4.37. The number of ether oxygens (including phenoxy) is 2. The molecule has 0 aliphatic heterocycles. The molecule has 0 atom stereocenters. The van der Waals surface area contributed by atoms with Crippen molar-refractivity contribution in [3.05, 3.63) is 12.7 Å². The van der Waals surface area contributed by atoms with Gasteiger partial charge in [-0.1, -0.05) is 19.6 Å². The largest absolute Gasteiger partial charge is 0.464 e. The molecule has 0 fully saturated rings. The molecule has 0 aliphatic rings. The maximum absolute atomic E-state index is 10.9. The lowest BCUT2D eigenvalue weighted by atomic mass is 10.5. The quantitative estimate of drug-likeness (QED) is 0.511. The molecule has 0 heterocycles. The van der Waals surface area contributed by atoms with Gasteiger partial charge < -0.3 is 14.8 Å². The summed E-state index contributed by atoms with van der Waals surface area (Å²) >= 11 is 0. The zero-order valence-corrected chi connectivity index (χ0v) is 8.25. The van der Waals surface area contributed by atoms with Crippen LogP contribution in [-0.4, -0.2) is 31.8 Å². The highest BCUT2D eigenvalue weighted by Crippen LogP contribution is 1.82. The Morgan fingerprint density at radius 3 is 2.71 bits per heavy atom. The lowest BCUT2D eigenvalue weighted by Crippen LogP contribution is -2.31. The monoisotopic (exact) mass is 201 g/mol. The van der Waals surface area contributed by atoms with Crippen LogP contribution in [0.4, 0.5) is 4.79 Å². The zero-order chi connectivity index (χ0) is 10.8. The fourth-order valence-corrected chi connectivity index (χ4v) is 0.597. The highest BCUT2D eigenvalue weighted by molar-refractivity contribution is 5.77. The Hall–Kier alpha value is -1.52. The number of carbonyl (C=O) groups is 2. The van der Waals surface area contributed by atoms with Gasteiger partial charge in [0, 0.05) is 0 Å². The second-order valence-corrected chi connectivity index (χ2v) is 2.46. The maximum atomic E-state index is 10.9. The van der Waals surface area contributed by atoms with Gasteiger partial charge in [0.1, 0.15) is 13.2 Å². The molecule has 0 spiro atoms. The standard InChI is InChI=1S/C9H15NO4/c1-3-5-13-8(11)7-10-9(12)14-6-4-2/h4H,2-3,5-7H2,1H3,(H,10,12). The van der Waals surface area contributed by atoms with E-state index in [1.807, 2.05) is 6.92 Å². The molecule has 5 nitrogen and oxygen atoms in total. The van der Waals surface area contributed by atoms with Gasteiger partial charge in [0.2, 0.25) is 0 Å². The Labute approximate surface area is 83.1 Å². The van der Waals surface area contributed by atoms with E-state index >= 15 is 0 Å². The van der Waals surface area contributed by atoms with Crippen LogP contribution in [0.2, 0.25) is 0 Å². The van der Waals surface area contributed by atoms with Gasteiger partial charge in [-0.25, -0.2) is 4.79 Å². The number of alkyl carbamates (subject to hydrolysis) is 1. The van der Waals surface area contributed by atoms with E-state index in [1.165, 1.54) is 6.08 Å². The Bertz CT molecular complexity index is 203. The first-order valence-corrected chi connectivity index (χ1v) is 4.37. The maximum Gasteiger partial charge on any atom is 0.407 e. The average molecular weight is 201 g/mol. The molecule has 80 valence electrons. The normalized spacial score (nSPS) is 8.93. The van der Waals surface area contributed by atoms with Crippen molar-refractivity contribution >= 4 is 12.1 Å². The van der Waals surface area contributed by atoms with Crippen LogP contribution in [0.5, 0.6) is 0 Å². The first kappa shape index (κ1) is 12.5. The molecule has 0 aromatic heterocycles. The highest BCUT2D eigenvalue weighted by atomic mass is 16.6. The number of rotatable bonds is 6. The Kier molecular flexibility index (Phi) is 7.22. The zero-order valence-electron chi connectivity index (χ0n) is 8.25. The summed E-state index contributed by atoms with van der Waals surface area (Å²) in [5, 5.41) is 2.24. The van der Waals surface area contributed by atoms with Gasteiger partial charge in [-0.15, -0.1) is 0 Å². The number of nitrogens with one attached hydrogen (secondary N) is 1. The summed E-state index contributed by atoms with van der Waals surface area (Å²) in [7, 11) is 0. The van der Waals surface area contributed by atoms with Crippen LogP contribution in [0.15, 0.2) is 12.7 Å². The van der Waals surface area contributed by atoms with Gasteiger partial charge in [-0.3, -0.25) is 4.79 Å². The number of carbonyl (C=O) groups excluding carboxylic acids is 2. The topological polar surface area (TPSA) is 64.6 Å². The minimum absolute atomic E-state index is 0.121. The van der Waals surface area contributed by atoms with Crippen LogP contribution in [-0.2, 0) is 14.3 Å². The molecule has 0 saturated carbocycles. The van der Waals surface area contributed by atoms with E-state index in [2.05, 4.69) is 16.6 Å². The molecule has 1 amide bonds. The van der Waals surface area contributed by atoms with Crippen LogP contribution in [0.3, 0.4) is 0 Å². The van der Waals surface area contributed by atoms with Gasteiger partial charge in [0.05, 0.1) is 6.61 Å². The van der Waals surface area contributed by atoms with E-state index in [-0.39, 0.29) is 13.2 Å². The predicted octanol–water partition coefficient (Wildman–Crippen LogP) is 0.852. The van der Waals surface area contributed by atoms with Gasteiger partial charge in [0.25, 0.3) is 0 Å². The van der Waals surface area contributed by atoms with Crippen molar-refractivity contribution in [2.75, 3.05) is 19.8 Å². The minimum atomic E-state index is -0.654. The molecular formula is C9H15NO4. The Morgan fingerprint density at radius 1 is 1.43 bits per heavy atom. The van der Waals surface area contributed by atoms with E-state index in [0.29, 0.717) is 6.61 Å². The van der Waals surface area contributed by atoms with Gasteiger partial charge in [-0.2, -0.15) is 0 Å². The molecular weight excluding hydrogens is 186 g/mol. The molecule has 0 bridgehead atoms. The summed E-state index contributed by atoms with van der Waals surface area (Å²) in [6, 6.07) is 0. The Balaban J connectivity index is 3.45. The number of amides is 1.